The van der Waals surface area contributed by atoms with E-state index in [2.05, 4.69) is 9.97 Å². The molecule has 0 radical (unpaired) electrons. The summed E-state index contributed by atoms with van der Waals surface area (Å²) in [6.07, 6.45) is -2.94. The Balaban J connectivity index is 3.24. The molecule has 0 amide bonds. The van der Waals surface area contributed by atoms with E-state index in [0.717, 1.165) is 6.33 Å². The zero-order chi connectivity index (χ0) is 10.1. The van der Waals surface area contributed by atoms with Crippen molar-refractivity contribution in [1.29, 1.82) is 0 Å². The van der Waals surface area contributed by atoms with E-state index < -0.39 is 11.9 Å². The second-order valence-electron chi connectivity index (χ2n) is 2.65. The molecule has 1 aromatic rings. The summed E-state index contributed by atoms with van der Waals surface area (Å²) in [5.74, 6) is 0. The number of halogens is 3. The van der Waals surface area contributed by atoms with Gasteiger partial charge in [0.2, 0.25) is 0 Å². The fraction of sp³-hybridized carbons (Fsp3) is 0.500. The average Bonchev–Trinajstić information content (AvgIpc) is 2.02. The van der Waals surface area contributed by atoms with Gasteiger partial charge in [-0.05, 0) is 13.3 Å². The van der Waals surface area contributed by atoms with Crippen LogP contribution in [0, 0.1) is 6.92 Å². The minimum Gasteiger partial charge on any atom is -0.241 e. The smallest absolute Gasteiger partial charge is 0.241 e. The van der Waals surface area contributed by atoms with E-state index >= 15 is 0 Å². The largest absolute Gasteiger partial charge is 0.433 e. The fourth-order valence-corrected chi connectivity index (χ4v) is 1.13. The van der Waals surface area contributed by atoms with Gasteiger partial charge in [-0.2, -0.15) is 13.2 Å². The van der Waals surface area contributed by atoms with E-state index in [1.807, 2.05) is 0 Å². The van der Waals surface area contributed by atoms with Gasteiger partial charge in [-0.25, -0.2) is 9.97 Å². The van der Waals surface area contributed by atoms with Crippen molar-refractivity contribution < 1.29 is 13.2 Å². The minimum atomic E-state index is -4.38. The molecule has 5 heteroatoms. The van der Waals surface area contributed by atoms with Crippen molar-refractivity contribution in [3.8, 4) is 0 Å². The predicted octanol–water partition coefficient (Wildman–Crippen LogP) is 2.37. The quantitative estimate of drug-likeness (QED) is 0.679. The molecule has 0 saturated heterocycles. The van der Waals surface area contributed by atoms with Crippen LogP contribution in [0.15, 0.2) is 6.33 Å². The van der Waals surface area contributed by atoms with Gasteiger partial charge in [0.05, 0.1) is 0 Å². The molecular formula is C8H9F3N2. The van der Waals surface area contributed by atoms with Crippen molar-refractivity contribution in [2.45, 2.75) is 26.4 Å². The van der Waals surface area contributed by atoms with Gasteiger partial charge in [-0.1, -0.05) is 6.92 Å². The minimum absolute atomic E-state index is 0.123. The van der Waals surface area contributed by atoms with Crippen molar-refractivity contribution in [2.75, 3.05) is 0 Å². The molecule has 0 saturated carbocycles. The molecule has 0 aliphatic rings. The number of hydrogen-bond acceptors (Lipinski definition) is 2. The summed E-state index contributed by atoms with van der Waals surface area (Å²) in [5, 5.41) is 0. The first-order valence-corrected chi connectivity index (χ1v) is 3.84. The van der Waals surface area contributed by atoms with Crippen molar-refractivity contribution in [3.63, 3.8) is 0 Å². The highest BCUT2D eigenvalue weighted by molar-refractivity contribution is 5.24. The Bertz CT molecular complexity index is 307. The third kappa shape index (κ3) is 1.96. The number of aryl methyl sites for hydroxylation is 1. The van der Waals surface area contributed by atoms with Crippen molar-refractivity contribution in [1.82, 2.24) is 9.97 Å². The first-order valence-electron chi connectivity index (χ1n) is 3.84. The second-order valence-corrected chi connectivity index (χ2v) is 2.65. The zero-order valence-electron chi connectivity index (χ0n) is 7.31. The molecule has 1 heterocycles. The Kier molecular flexibility index (Phi) is 2.54. The number of nitrogens with zero attached hydrogens (tertiary/aromatic N) is 2. The van der Waals surface area contributed by atoms with E-state index in [9.17, 15) is 13.2 Å². The molecule has 72 valence electrons. The van der Waals surface area contributed by atoms with Crippen molar-refractivity contribution in [3.05, 3.63) is 23.3 Å². The maximum absolute atomic E-state index is 12.3. The second kappa shape index (κ2) is 3.32. The molecule has 0 N–H and O–H groups in total. The Morgan fingerprint density at radius 2 is 1.92 bits per heavy atom. The van der Waals surface area contributed by atoms with Crippen LogP contribution in [0.3, 0.4) is 0 Å². The van der Waals surface area contributed by atoms with Gasteiger partial charge in [0.1, 0.15) is 6.33 Å². The van der Waals surface area contributed by atoms with Gasteiger partial charge in [-0.3, -0.25) is 0 Å². The molecule has 13 heavy (non-hydrogen) atoms. The Morgan fingerprint density at radius 3 is 2.38 bits per heavy atom. The highest BCUT2D eigenvalue weighted by Crippen LogP contribution is 2.30. The molecule has 0 spiro atoms. The predicted molar refractivity (Wildman–Crippen MR) is 41.1 cm³/mol. The van der Waals surface area contributed by atoms with Crippen LogP contribution in [0.25, 0.3) is 0 Å². The summed E-state index contributed by atoms with van der Waals surface area (Å²) in [4.78, 5) is 6.98. The van der Waals surface area contributed by atoms with Crippen molar-refractivity contribution in [2.24, 2.45) is 0 Å². The lowest BCUT2D eigenvalue weighted by molar-refractivity contribution is -0.141. The molecule has 0 aliphatic carbocycles. The molecule has 0 atom stereocenters. The Morgan fingerprint density at radius 1 is 1.31 bits per heavy atom. The van der Waals surface area contributed by atoms with Crippen LogP contribution in [0.5, 0.6) is 0 Å². The number of hydrogen-bond donors (Lipinski definition) is 0. The maximum Gasteiger partial charge on any atom is 0.433 e. The topological polar surface area (TPSA) is 25.8 Å². The van der Waals surface area contributed by atoms with E-state index in [4.69, 9.17) is 0 Å². The normalized spacial score (nSPS) is 11.8. The maximum atomic E-state index is 12.3. The summed E-state index contributed by atoms with van der Waals surface area (Å²) < 4.78 is 36.8. The van der Waals surface area contributed by atoms with Gasteiger partial charge in [-0.15, -0.1) is 0 Å². The lowest BCUT2D eigenvalue weighted by atomic mass is 10.1. The highest BCUT2D eigenvalue weighted by atomic mass is 19.4. The molecule has 0 bridgehead atoms. The summed E-state index contributed by atoms with van der Waals surface area (Å²) >= 11 is 0. The zero-order valence-corrected chi connectivity index (χ0v) is 7.31. The highest BCUT2D eigenvalue weighted by Gasteiger charge is 2.35. The summed E-state index contributed by atoms with van der Waals surface area (Å²) in [6, 6.07) is 0. The van der Waals surface area contributed by atoms with Gasteiger partial charge in [0.25, 0.3) is 0 Å². The Hall–Kier alpha value is -1.13. The standard InChI is InChI=1S/C8H9F3N2/c1-3-6-5(2)7(8(9,10)11)13-4-12-6/h4H,3H2,1-2H3. The molecule has 0 aliphatic heterocycles. The first-order chi connectivity index (χ1) is 5.96. The van der Waals surface area contributed by atoms with E-state index in [1.165, 1.54) is 6.92 Å². The fourth-order valence-electron chi connectivity index (χ4n) is 1.13. The molecular weight excluding hydrogens is 181 g/mol. The van der Waals surface area contributed by atoms with E-state index in [0.29, 0.717) is 12.1 Å². The SMILES string of the molecule is CCc1ncnc(C(F)(F)F)c1C. The van der Waals surface area contributed by atoms with Gasteiger partial charge < -0.3 is 0 Å². The molecule has 0 aromatic carbocycles. The molecule has 1 aromatic heterocycles. The van der Waals surface area contributed by atoms with Gasteiger partial charge in [0, 0.05) is 11.3 Å². The lowest BCUT2D eigenvalue weighted by Gasteiger charge is -2.10. The summed E-state index contributed by atoms with van der Waals surface area (Å²) in [7, 11) is 0. The van der Waals surface area contributed by atoms with Crippen LogP contribution in [0.2, 0.25) is 0 Å². The number of aromatic nitrogens is 2. The molecule has 1 rings (SSSR count). The molecule has 2 nitrogen and oxygen atoms in total. The Labute approximate surface area is 73.8 Å². The third-order valence-corrected chi connectivity index (χ3v) is 1.79. The summed E-state index contributed by atoms with van der Waals surface area (Å²) in [6.45, 7) is 3.15. The van der Waals surface area contributed by atoms with Crippen molar-refractivity contribution >= 4 is 0 Å². The summed E-state index contributed by atoms with van der Waals surface area (Å²) in [5.41, 5.74) is -0.265. The van der Waals surface area contributed by atoms with Crippen LogP contribution in [0.1, 0.15) is 23.9 Å². The molecule has 0 unspecified atom stereocenters. The van der Waals surface area contributed by atoms with Gasteiger partial charge in [0.15, 0.2) is 5.69 Å². The van der Waals surface area contributed by atoms with Crippen LogP contribution in [0.4, 0.5) is 13.2 Å². The third-order valence-electron chi connectivity index (χ3n) is 1.79. The number of alkyl halides is 3. The van der Waals surface area contributed by atoms with E-state index in [1.54, 1.807) is 6.92 Å². The van der Waals surface area contributed by atoms with E-state index in [-0.39, 0.29) is 5.56 Å². The van der Waals surface area contributed by atoms with Crippen LogP contribution in [-0.4, -0.2) is 9.97 Å². The van der Waals surface area contributed by atoms with Crippen LogP contribution < -0.4 is 0 Å². The first kappa shape index (κ1) is 9.95. The monoisotopic (exact) mass is 190 g/mol. The number of rotatable bonds is 1. The molecule has 0 fully saturated rings. The average molecular weight is 190 g/mol. The lowest BCUT2D eigenvalue weighted by Crippen LogP contribution is -2.12. The van der Waals surface area contributed by atoms with Crippen LogP contribution >= 0.6 is 0 Å². The van der Waals surface area contributed by atoms with Gasteiger partial charge >= 0.3 is 6.18 Å². The van der Waals surface area contributed by atoms with Crippen LogP contribution in [-0.2, 0) is 12.6 Å².